The summed E-state index contributed by atoms with van der Waals surface area (Å²) in [6, 6.07) is 3.96. The van der Waals surface area contributed by atoms with Crippen molar-refractivity contribution in [3.8, 4) is 10.7 Å². The Morgan fingerprint density at radius 2 is 2.11 bits per heavy atom. The number of halogens is 1. The molecule has 0 bridgehead atoms. The van der Waals surface area contributed by atoms with E-state index in [4.69, 9.17) is 10.3 Å². The van der Waals surface area contributed by atoms with Crippen LogP contribution in [0.3, 0.4) is 0 Å². The molecule has 0 aliphatic carbocycles. The molecule has 2 heterocycles. The first kappa shape index (κ1) is 13.7. The van der Waals surface area contributed by atoms with Crippen molar-refractivity contribution in [3.63, 3.8) is 0 Å². The molecule has 0 aromatic carbocycles. The van der Waals surface area contributed by atoms with Gasteiger partial charge in [-0.25, -0.2) is 0 Å². The predicted octanol–water partition coefficient (Wildman–Crippen LogP) is 3.58. The number of aromatic nitrogens is 2. The van der Waals surface area contributed by atoms with Gasteiger partial charge < -0.3 is 10.3 Å². The van der Waals surface area contributed by atoms with Gasteiger partial charge in [-0.2, -0.15) is 4.98 Å². The van der Waals surface area contributed by atoms with Crippen molar-refractivity contribution in [2.24, 2.45) is 5.73 Å². The summed E-state index contributed by atoms with van der Waals surface area (Å²) in [6.07, 6.45) is 1.80. The van der Waals surface area contributed by atoms with E-state index in [1.165, 1.54) is 0 Å². The highest BCUT2D eigenvalue weighted by molar-refractivity contribution is 9.11. The molecule has 4 nitrogen and oxygen atoms in total. The summed E-state index contributed by atoms with van der Waals surface area (Å²) in [5, 5.41) is 4.06. The van der Waals surface area contributed by atoms with E-state index in [0.29, 0.717) is 18.3 Å². The molecular weight excluding hydrogens is 314 g/mol. The third-order valence-corrected chi connectivity index (χ3v) is 5.04. The summed E-state index contributed by atoms with van der Waals surface area (Å²) in [5.41, 5.74) is 5.69. The number of thiophene rings is 1. The maximum atomic E-state index is 5.88. The van der Waals surface area contributed by atoms with Crippen LogP contribution in [0, 0.1) is 0 Å². The van der Waals surface area contributed by atoms with Crippen LogP contribution in [0.5, 0.6) is 0 Å². The summed E-state index contributed by atoms with van der Waals surface area (Å²) in [7, 11) is 0. The number of hydrogen-bond acceptors (Lipinski definition) is 5. The summed E-state index contributed by atoms with van der Waals surface area (Å²) < 4.78 is 6.47. The van der Waals surface area contributed by atoms with E-state index < -0.39 is 0 Å². The first-order valence-electron chi connectivity index (χ1n) is 5.95. The fraction of sp³-hybridized carbons (Fsp3) is 0.500. The Labute approximate surface area is 119 Å². The van der Waals surface area contributed by atoms with Crippen LogP contribution in [0.15, 0.2) is 20.4 Å². The molecule has 0 amide bonds. The molecule has 0 fully saturated rings. The molecule has 2 rings (SSSR count). The zero-order chi connectivity index (χ0) is 13.2. The Morgan fingerprint density at radius 1 is 1.39 bits per heavy atom. The quantitative estimate of drug-likeness (QED) is 0.910. The topological polar surface area (TPSA) is 64.9 Å². The SMILES string of the molecule is CCC(CC)(CN)c1nc(-c2ccc(Br)s2)no1. The predicted molar refractivity (Wildman–Crippen MR) is 76.6 cm³/mol. The van der Waals surface area contributed by atoms with E-state index in [0.717, 1.165) is 21.5 Å². The number of nitrogens with zero attached hydrogens (tertiary/aromatic N) is 2. The summed E-state index contributed by atoms with van der Waals surface area (Å²) in [6.45, 7) is 4.72. The molecule has 0 atom stereocenters. The minimum absolute atomic E-state index is 0.195. The monoisotopic (exact) mass is 329 g/mol. The minimum atomic E-state index is -0.195. The fourth-order valence-electron chi connectivity index (χ4n) is 1.90. The Kier molecular flexibility index (Phi) is 4.19. The van der Waals surface area contributed by atoms with Crippen molar-refractivity contribution in [1.29, 1.82) is 0 Å². The van der Waals surface area contributed by atoms with Crippen molar-refractivity contribution in [2.45, 2.75) is 32.1 Å². The van der Waals surface area contributed by atoms with Crippen LogP contribution in [-0.2, 0) is 5.41 Å². The molecule has 0 saturated carbocycles. The van der Waals surface area contributed by atoms with Crippen LogP contribution < -0.4 is 5.73 Å². The largest absolute Gasteiger partial charge is 0.338 e. The molecule has 0 aliphatic rings. The maximum absolute atomic E-state index is 5.88. The van der Waals surface area contributed by atoms with Crippen LogP contribution in [-0.4, -0.2) is 16.7 Å². The zero-order valence-electron chi connectivity index (χ0n) is 10.4. The Hall–Kier alpha value is -0.720. The second-order valence-corrected chi connectivity index (χ2v) is 6.68. The lowest BCUT2D eigenvalue weighted by Crippen LogP contribution is -2.34. The van der Waals surface area contributed by atoms with Gasteiger partial charge in [0.1, 0.15) is 0 Å². The summed E-state index contributed by atoms with van der Waals surface area (Å²) >= 11 is 5.02. The second-order valence-electron chi connectivity index (χ2n) is 4.22. The van der Waals surface area contributed by atoms with Crippen LogP contribution in [0.2, 0.25) is 0 Å². The molecule has 98 valence electrons. The molecule has 0 radical (unpaired) electrons. The molecular formula is C12H16BrN3OS. The summed E-state index contributed by atoms with van der Waals surface area (Å²) in [5.74, 6) is 1.29. The van der Waals surface area contributed by atoms with Gasteiger partial charge in [0, 0.05) is 6.54 Å². The first-order chi connectivity index (χ1) is 8.65. The fourth-order valence-corrected chi connectivity index (χ4v) is 3.21. The van der Waals surface area contributed by atoms with Crippen molar-refractivity contribution >= 4 is 27.3 Å². The molecule has 2 N–H and O–H groups in total. The molecule has 0 saturated heterocycles. The van der Waals surface area contributed by atoms with Gasteiger partial charge in [0.15, 0.2) is 0 Å². The average Bonchev–Trinajstić information content (AvgIpc) is 3.01. The van der Waals surface area contributed by atoms with Crippen LogP contribution in [0.4, 0.5) is 0 Å². The van der Waals surface area contributed by atoms with Gasteiger partial charge >= 0.3 is 0 Å². The lowest BCUT2D eigenvalue weighted by molar-refractivity contribution is 0.267. The third kappa shape index (κ3) is 2.37. The Balaban J connectivity index is 2.35. The molecule has 6 heteroatoms. The van der Waals surface area contributed by atoms with E-state index in [9.17, 15) is 0 Å². The standard InChI is InChI=1S/C12H16BrN3OS/c1-3-12(4-2,7-14)11-15-10(16-17-11)8-5-6-9(13)18-8/h5-6H,3-4,7,14H2,1-2H3. The van der Waals surface area contributed by atoms with Gasteiger partial charge in [-0.15, -0.1) is 11.3 Å². The molecule has 2 aromatic rings. The highest BCUT2D eigenvalue weighted by Crippen LogP contribution is 2.33. The molecule has 18 heavy (non-hydrogen) atoms. The van der Waals surface area contributed by atoms with E-state index in [1.807, 2.05) is 12.1 Å². The number of rotatable bonds is 5. The highest BCUT2D eigenvalue weighted by atomic mass is 79.9. The van der Waals surface area contributed by atoms with Crippen molar-refractivity contribution in [1.82, 2.24) is 10.1 Å². The zero-order valence-corrected chi connectivity index (χ0v) is 12.8. The van der Waals surface area contributed by atoms with E-state index >= 15 is 0 Å². The van der Waals surface area contributed by atoms with Crippen molar-refractivity contribution in [2.75, 3.05) is 6.54 Å². The first-order valence-corrected chi connectivity index (χ1v) is 7.56. The number of nitrogens with two attached hydrogens (primary N) is 1. The third-order valence-electron chi connectivity index (χ3n) is 3.42. The van der Waals surface area contributed by atoms with Gasteiger partial charge in [0.2, 0.25) is 11.7 Å². The van der Waals surface area contributed by atoms with Gasteiger partial charge in [0.05, 0.1) is 14.1 Å². The van der Waals surface area contributed by atoms with Gasteiger partial charge in [0.25, 0.3) is 0 Å². The van der Waals surface area contributed by atoms with Gasteiger partial charge in [-0.05, 0) is 40.9 Å². The Morgan fingerprint density at radius 3 is 2.61 bits per heavy atom. The molecule has 2 aromatic heterocycles. The summed E-state index contributed by atoms with van der Waals surface area (Å²) in [4.78, 5) is 5.51. The van der Waals surface area contributed by atoms with Gasteiger partial charge in [-0.1, -0.05) is 19.0 Å². The number of hydrogen-bond donors (Lipinski definition) is 1. The average molecular weight is 330 g/mol. The lowest BCUT2D eigenvalue weighted by atomic mass is 9.82. The van der Waals surface area contributed by atoms with E-state index in [-0.39, 0.29) is 5.41 Å². The van der Waals surface area contributed by atoms with Crippen molar-refractivity contribution < 1.29 is 4.52 Å². The second kappa shape index (κ2) is 5.50. The lowest BCUT2D eigenvalue weighted by Gasteiger charge is -2.24. The normalized spacial score (nSPS) is 12.0. The molecule has 0 aliphatic heterocycles. The minimum Gasteiger partial charge on any atom is -0.338 e. The Bertz CT molecular complexity index is 511. The maximum Gasteiger partial charge on any atom is 0.234 e. The molecule has 0 unspecified atom stereocenters. The van der Waals surface area contributed by atoms with Crippen LogP contribution in [0.1, 0.15) is 32.6 Å². The van der Waals surface area contributed by atoms with Crippen LogP contribution in [0.25, 0.3) is 10.7 Å². The van der Waals surface area contributed by atoms with Crippen molar-refractivity contribution in [3.05, 3.63) is 21.8 Å². The highest BCUT2D eigenvalue weighted by Gasteiger charge is 2.33. The molecule has 0 spiro atoms. The van der Waals surface area contributed by atoms with Gasteiger partial charge in [-0.3, -0.25) is 0 Å². The smallest absolute Gasteiger partial charge is 0.234 e. The van der Waals surface area contributed by atoms with Crippen LogP contribution >= 0.6 is 27.3 Å². The van der Waals surface area contributed by atoms with E-state index in [2.05, 4.69) is 39.9 Å². The van der Waals surface area contributed by atoms with E-state index in [1.54, 1.807) is 11.3 Å².